The first kappa shape index (κ1) is 13.6. The summed E-state index contributed by atoms with van der Waals surface area (Å²) in [6.07, 6.45) is -0.830. The summed E-state index contributed by atoms with van der Waals surface area (Å²) in [7, 11) is 0. The summed E-state index contributed by atoms with van der Waals surface area (Å²) in [4.78, 5) is 10.8. The van der Waals surface area contributed by atoms with E-state index in [9.17, 15) is 9.90 Å². The zero-order chi connectivity index (χ0) is 12.0. The molecular weight excluding hydrogens is 239 g/mol. The van der Waals surface area contributed by atoms with E-state index in [1.807, 2.05) is 42.5 Å². The molecule has 3 rings (SSSR count). The maximum Gasteiger partial charge on any atom is 1.00 e. The van der Waals surface area contributed by atoms with Crippen LogP contribution in [0.3, 0.4) is 0 Å². The van der Waals surface area contributed by atoms with Gasteiger partial charge in [-0.15, -0.1) is 0 Å². The van der Waals surface area contributed by atoms with Gasteiger partial charge in [0.15, 0.2) is 0 Å². The van der Waals surface area contributed by atoms with Crippen LogP contribution in [0.25, 0.3) is 10.8 Å². The molecule has 4 heteroatoms. The molecule has 0 amide bonds. The van der Waals surface area contributed by atoms with Crippen molar-refractivity contribution in [3.63, 3.8) is 0 Å². The zero-order valence-electron chi connectivity index (χ0n) is 10.3. The fourth-order valence-electron chi connectivity index (χ4n) is 2.20. The van der Waals surface area contributed by atoms with Crippen molar-refractivity contribution in [3.05, 3.63) is 48.0 Å². The Morgan fingerprint density at radius 3 is 2.50 bits per heavy atom. The monoisotopic (exact) mass is 250 g/mol. The van der Waals surface area contributed by atoms with E-state index in [4.69, 9.17) is 4.74 Å². The van der Waals surface area contributed by atoms with Crippen LogP contribution in [0.2, 0.25) is 0 Å². The SMILES string of the molecule is CC1(c2ccc3ccccc3c2)OC1C(=O)[O-].[Na+]. The molecule has 1 fully saturated rings. The molecule has 0 radical (unpaired) electrons. The minimum absolute atomic E-state index is 0. The van der Waals surface area contributed by atoms with Gasteiger partial charge in [-0.3, -0.25) is 0 Å². The first-order valence-corrected chi connectivity index (χ1v) is 5.49. The number of fused-ring (bicyclic) bond motifs is 1. The zero-order valence-corrected chi connectivity index (χ0v) is 12.3. The van der Waals surface area contributed by atoms with Gasteiger partial charge in [-0.1, -0.05) is 36.4 Å². The molecule has 0 bridgehead atoms. The summed E-state index contributed by atoms with van der Waals surface area (Å²) in [5, 5.41) is 13.0. The molecule has 0 saturated carbocycles. The molecule has 0 aliphatic carbocycles. The Morgan fingerprint density at radius 1 is 1.22 bits per heavy atom. The molecule has 2 unspecified atom stereocenters. The molecule has 0 aromatic heterocycles. The van der Waals surface area contributed by atoms with Crippen molar-refractivity contribution in [3.8, 4) is 0 Å². The van der Waals surface area contributed by atoms with Gasteiger partial charge in [0, 0.05) is 0 Å². The fourth-order valence-corrected chi connectivity index (χ4v) is 2.20. The Hall–Kier alpha value is -0.870. The van der Waals surface area contributed by atoms with Crippen molar-refractivity contribution in [2.45, 2.75) is 18.6 Å². The van der Waals surface area contributed by atoms with Gasteiger partial charge in [0.25, 0.3) is 0 Å². The van der Waals surface area contributed by atoms with Crippen molar-refractivity contribution in [1.82, 2.24) is 0 Å². The summed E-state index contributed by atoms with van der Waals surface area (Å²) in [6, 6.07) is 13.8. The molecule has 2 aromatic rings. The van der Waals surface area contributed by atoms with Gasteiger partial charge in [-0.25, -0.2) is 0 Å². The quantitative estimate of drug-likeness (QED) is 0.467. The second kappa shape index (κ2) is 4.67. The van der Waals surface area contributed by atoms with Crippen LogP contribution in [0.1, 0.15) is 12.5 Å². The van der Waals surface area contributed by atoms with Crippen LogP contribution < -0.4 is 34.7 Å². The minimum Gasteiger partial charge on any atom is -0.547 e. The number of ether oxygens (including phenoxy) is 1. The van der Waals surface area contributed by atoms with Crippen LogP contribution in [0.15, 0.2) is 42.5 Å². The number of carbonyl (C=O) groups excluding carboxylic acids is 1. The average Bonchev–Trinajstić information content (AvgIpc) is 3.03. The minimum atomic E-state index is -1.15. The Labute approximate surface area is 127 Å². The Kier molecular flexibility index (Phi) is 3.52. The van der Waals surface area contributed by atoms with Gasteiger partial charge in [0.1, 0.15) is 11.7 Å². The van der Waals surface area contributed by atoms with Gasteiger partial charge in [0.05, 0.1) is 5.97 Å². The van der Waals surface area contributed by atoms with Crippen molar-refractivity contribution < 1.29 is 44.2 Å². The van der Waals surface area contributed by atoms with Crippen LogP contribution in [-0.4, -0.2) is 12.1 Å². The van der Waals surface area contributed by atoms with Gasteiger partial charge in [0.2, 0.25) is 0 Å². The summed E-state index contributed by atoms with van der Waals surface area (Å²) >= 11 is 0. The van der Waals surface area contributed by atoms with Gasteiger partial charge in [-0.05, 0) is 29.3 Å². The number of carbonyl (C=O) groups is 1. The van der Waals surface area contributed by atoms with Crippen LogP contribution in [0.5, 0.6) is 0 Å². The van der Waals surface area contributed by atoms with Crippen molar-refractivity contribution in [2.24, 2.45) is 0 Å². The Bertz CT molecular complexity index is 611. The number of benzene rings is 2. The third-order valence-corrected chi connectivity index (χ3v) is 3.34. The van der Waals surface area contributed by atoms with E-state index in [-0.39, 0.29) is 29.6 Å². The van der Waals surface area contributed by atoms with E-state index >= 15 is 0 Å². The molecule has 1 heterocycles. The normalized spacial score (nSPS) is 25.5. The van der Waals surface area contributed by atoms with Crippen molar-refractivity contribution in [1.29, 1.82) is 0 Å². The molecule has 1 aliphatic heterocycles. The van der Waals surface area contributed by atoms with Crippen LogP contribution in [-0.2, 0) is 15.1 Å². The van der Waals surface area contributed by atoms with Gasteiger partial charge >= 0.3 is 29.6 Å². The molecule has 18 heavy (non-hydrogen) atoms. The standard InChI is InChI=1S/C14H12O3.Na/c1-14(12(17-14)13(15)16)11-7-6-9-4-2-3-5-10(9)8-11;/h2-8,12H,1H3,(H,15,16);/q;+1/p-1. The third-order valence-electron chi connectivity index (χ3n) is 3.34. The van der Waals surface area contributed by atoms with Crippen LogP contribution >= 0.6 is 0 Å². The van der Waals surface area contributed by atoms with E-state index < -0.39 is 17.7 Å². The summed E-state index contributed by atoms with van der Waals surface area (Å²) in [5.41, 5.74) is 0.147. The molecular formula is C14H11NaO3. The second-order valence-electron chi connectivity index (χ2n) is 4.49. The average molecular weight is 250 g/mol. The first-order valence-electron chi connectivity index (χ1n) is 5.49. The maximum atomic E-state index is 10.8. The number of carboxylic acid groups (broad SMARTS) is 1. The second-order valence-corrected chi connectivity index (χ2v) is 4.49. The molecule has 1 aliphatic rings. The molecule has 2 atom stereocenters. The number of epoxide rings is 1. The van der Waals surface area contributed by atoms with Crippen molar-refractivity contribution >= 4 is 16.7 Å². The number of hydrogen-bond acceptors (Lipinski definition) is 3. The summed E-state index contributed by atoms with van der Waals surface area (Å²) in [5.74, 6) is -1.15. The topological polar surface area (TPSA) is 52.7 Å². The van der Waals surface area contributed by atoms with Crippen molar-refractivity contribution in [2.75, 3.05) is 0 Å². The van der Waals surface area contributed by atoms with E-state index in [1.165, 1.54) is 0 Å². The van der Waals surface area contributed by atoms with Crippen LogP contribution in [0.4, 0.5) is 0 Å². The predicted octanol–water partition coefficient (Wildman–Crippen LogP) is -1.79. The largest absolute Gasteiger partial charge is 1.00 e. The number of hydrogen-bond donors (Lipinski definition) is 0. The first-order chi connectivity index (χ1) is 8.11. The summed E-state index contributed by atoms with van der Waals surface area (Å²) < 4.78 is 5.24. The summed E-state index contributed by atoms with van der Waals surface area (Å²) in [6.45, 7) is 1.78. The van der Waals surface area contributed by atoms with Gasteiger partial charge in [-0.2, -0.15) is 0 Å². The predicted molar refractivity (Wildman–Crippen MR) is 61.2 cm³/mol. The number of aliphatic carboxylic acids is 1. The molecule has 86 valence electrons. The molecule has 0 spiro atoms. The number of carboxylic acids is 1. The fraction of sp³-hybridized carbons (Fsp3) is 0.214. The van der Waals surface area contributed by atoms with E-state index in [0.29, 0.717) is 0 Å². The molecule has 0 N–H and O–H groups in total. The molecule has 1 saturated heterocycles. The maximum absolute atomic E-state index is 10.8. The Balaban J connectivity index is 0.00000120. The Morgan fingerprint density at radius 2 is 1.89 bits per heavy atom. The van der Waals surface area contributed by atoms with E-state index in [1.54, 1.807) is 6.92 Å². The van der Waals surface area contributed by atoms with Gasteiger partial charge < -0.3 is 14.6 Å². The number of rotatable bonds is 2. The smallest absolute Gasteiger partial charge is 0.547 e. The molecule has 2 aromatic carbocycles. The van der Waals surface area contributed by atoms with E-state index in [0.717, 1.165) is 16.3 Å². The van der Waals surface area contributed by atoms with E-state index in [2.05, 4.69) is 0 Å². The van der Waals surface area contributed by atoms with Crippen LogP contribution in [0, 0.1) is 0 Å². The third kappa shape index (κ3) is 2.08. The molecule has 3 nitrogen and oxygen atoms in total.